The Bertz CT molecular complexity index is 808. The second-order valence-corrected chi connectivity index (χ2v) is 7.67. The summed E-state index contributed by atoms with van der Waals surface area (Å²) in [4.78, 5) is 27.0. The van der Waals surface area contributed by atoms with Gasteiger partial charge in [0.1, 0.15) is 11.9 Å². The predicted molar refractivity (Wildman–Crippen MR) is 109 cm³/mol. The van der Waals surface area contributed by atoms with Gasteiger partial charge in [-0.1, -0.05) is 55.8 Å². The van der Waals surface area contributed by atoms with Crippen molar-refractivity contribution in [2.75, 3.05) is 6.54 Å². The highest BCUT2D eigenvalue weighted by Gasteiger charge is 2.27. The fraction of sp³-hybridized carbons (Fsp3) is 0.364. The molecule has 150 valence electrons. The molecule has 0 saturated carbocycles. The number of amides is 2. The highest BCUT2D eigenvalue weighted by Crippen LogP contribution is 2.16. The Balaban J connectivity index is 2.21. The van der Waals surface area contributed by atoms with E-state index in [2.05, 4.69) is 5.32 Å². The highest BCUT2D eigenvalue weighted by molar-refractivity contribution is 6.30. The number of benzene rings is 2. The quantitative estimate of drug-likeness (QED) is 0.716. The van der Waals surface area contributed by atoms with E-state index in [1.807, 2.05) is 13.8 Å². The number of hydrogen-bond donors (Lipinski definition) is 1. The predicted octanol–water partition coefficient (Wildman–Crippen LogP) is 4.21. The van der Waals surface area contributed by atoms with Gasteiger partial charge in [0.25, 0.3) is 0 Å². The average Bonchev–Trinajstić information content (AvgIpc) is 2.66. The summed E-state index contributed by atoms with van der Waals surface area (Å²) in [6.45, 7) is 6.19. The first-order chi connectivity index (χ1) is 13.3. The highest BCUT2D eigenvalue weighted by atomic mass is 35.5. The molecule has 2 aromatic carbocycles. The fourth-order valence-corrected chi connectivity index (χ4v) is 2.85. The Labute approximate surface area is 170 Å². The van der Waals surface area contributed by atoms with Crippen LogP contribution in [-0.2, 0) is 22.6 Å². The lowest BCUT2D eigenvalue weighted by molar-refractivity contribution is -0.140. The van der Waals surface area contributed by atoms with E-state index in [1.54, 1.807) is 49.4 Å². The summed E-state index contributed by atoms with van der Waals surface area (Å²) in [5.41, 5.74) is 1.15. The largest absolute Gasteiger partial charge is 0.354 e. The molecule has 0 aliphatic carbocycles. The molecular weight excluding hydrogens is 379 g/mol. The molecule has 2 aromatic rings. The first-order valence-corrected chi connectivity index (χ1v) is 9.70. The molecule has 28 heavy (non-hydrogen) atoms. The zero-order chi connectivity index (χ0) is 20.7. The van der Waals surface area contributed by atoms with Crippen LogP contribution in [0.25, 0.3) is 0 Å². The van der Waals surface area contributed by atoms with E-state index in [4.69, 9.17) is 11.6 Å². The van der Waals surface area contributed by atoms with Crippen LogP contribution in [-0.4, -0.2) is 29.3 Å². The molecule has 0 aliphatic rings. The lowest BCUT2D eigenvalue weighted by Crippen LogP contribution is -2.48. The summed E-state index contributed by atoms with van der Waals surface area (Å²) in [5, 5.41) is 3.43. The standard InChI is InChI=1S/C22H26ClFN2O2/c1-15(2)13-25-22(28)16(3)26(14-18-6-4-5-7-20(18)24)21(27)12-17-8-10-19(23)11-9-17/h4-11,15-16H,12-14H2,1-3H3,(H,25,28)/t16-/m0/s1. The van der Waals surface area contributed by atoms with Gasteiger partial charge >= 0.3 is 0 Å². The number of carbonyl (C=O) groups is 2. The molecule has 2 amide bonds. The van der Waals surface area contributed by atoms with Gasteiger partial charge in [-0.05, 0) is 36.6 Å². The van der Waals surface area contributed by atoms with Crippen LogP contribution in [0.5, 0.6) is 0 Å². The molecule has 0 aliphatic heterocycles. The van der Waals surface area contributed by atoms with Crippen molar-refractivity contribution in [2.24, 2.45) is 5.92 Å². The zero-order valence-corrected chi connectivity index (χ0v) is 17.2. The minimum absolute atomic E-state index is 0.0232. The van der Waals surface area contributed by atoms with Gasteiger partial charge in [0.2, 0.25) is 11.8 Å². The molecule has 0 saturated heterocycles. The molecule has 0 bridgehead atoms. The van der Waals surface area contributed by atoms with Crippen molar-refractivity contribution in [3.63, 3.8) is 0 Å². The van der Waals surface area contributed by atoms with Crippen molar-refractivity contribution < 1.29 is 14.0 Å². The van der Waals surface area contributed by atoms with E-state index in [9.17, 15) is 14.0 Å². The number of rotatable bonds is 8. The lowest BCUT2D eigenvalue weighted by Gasteiger charge is -2.29. The average molecular weight is 405 g/mol. The minimum atomic E-state index is -0.724. The third-order valence-corrected chi connectivity index (χ3v) is 4.67. The summed E-state index contributed by atoms with van der Waals surface area (Å²) in [6, 6.07) is 12.5. The van der Waals surface area contributed by atoms with E-state index in [1.165, 1.54) is 11.0 Å². The topological polar surface area (TPSA) is 49.4 Å². The van der Waals surface area contributed by atoms with Gasteiger partial charge in [-0.3, -0.25) is 9.59 Å². The second kappa shape index (κ2) is 10.2. The SMILES string of the molecule is CC(C)CNC(=O)[C@H](C)N(Cc1ccccc1F)C(=O)Cc1ccc(Cl)cc1. The normalized spacial score (nSPS) is 11.9. The molecular formula is C22H26ClFN2O2. The Morgan fingerprint density at radius 1 is 1.07 bits per heavy atom. The van der Waals surface area contributed by atoms with Crippen LogP contribution in [0.3, 0.4) is 0 Å². The number of nitrogens with one attached hydrogen (secondary N) is 1. The Hall–Kier alpha value is -2.40. The van der Waals surface area contributed by atoms with E-state index >= 15 is 0 Å². The number of halogens is 2. The van der Waals surface area contributed by atoms with Crippen molar-refractivity contribution in [1.82, 2.24) is 10.2 Å². The maximum Gasteiger partial charge on any atom is 0.242 e. The minimum Gasteiger partial charge on any atom is -0.354 e. The number of carbonyl (C=O) groups excluding carboxylic acids is 2. The fourth-order valence-electron chi connectivity index (χ4n) is 2.72. The van der Waals surface area contributed by atoms with Crippen LogP contribution in [0, 0.1) is 11.7 Å². The Kier molecular flexibility index (Phi) is 8.00. The van der Waals surface area contributed by atoms with E-state index in [-0.39, 0.29) is 24.8 Å². The number of hydrogen-bond acceptors (Lipinski definition) is 2. The molecule has 0 unspecified atom stereocenters. The van der Waals surface area contributed by atoms with Crippen LogP contribution in [0.1, 0.15) is 31.9 Å². The summed E-state index contributed by atoms with van der Waals surface area (Å²) in [7, 11) is 0. The third-order valence-electron chi connectivity index (χ3n) is 4.42. The van der Waals surface area contributed by atoms with Crippen molar-refractivity contribution in [3.8, 4) is 0 Å². The molecule has 0 aromatic heterocycles. The van der Waals surface area contributed by atoms with Gasteiger partial charge < -0.3 is 10.2 Å². The van der Waals surface area contributed by atoms with Crippen LogP contribution in [0.15, 0.2) is 48.5 Å². The van der Waals surface area contributed by atoms with Crippen LogP contribution < -0.4 is 5.32 Å². The van der Waals surface area contributed by atoms with Crippen LogP contribution in [0.2, 0.25) is 5.02 Å². The molecule has 2 rings (SSSR count). The summed E-state index contributed by atoms with van der Waals surface area (Å²) in [6.07, 6.45) is 0.105. The second-order valence-electron chi connectivity index (χ2n) is 7.23. The van der Waals surface area contributed by atoms with E-state index < -0.39 is 11.9 Å². The summed E-state index contributed by atoms with van der Waals surface area (Å²) >= 11 is 5.90. The van der Waals surface area contributed by atoms with Gasteiger partial charge in [0, 0.05) is 23.7 Å². The van der Waals surface area contributed by atoms with Crippen molar-refractivity contribution in [2.45, 2.75) is 39.8 Å². The van der Waals surface area contributed by atoms with Crippen molar-refractivity contribution in [3.05, 3.63) is 70.5 Å². The van der Waals surface area contributed by atoms with Gasteiger partial charge in [0.15, 0.2) is 0 Å². The maximum atomic E-state index is 14.1. The smallest absolute Gasteiger partial charge is 0.242 e. The monoisotopic (exact) mass is 404 g/mol. The Morgan fingerprint density at radius 2 is 1.71 bits per heavy atom. The van der Waals surface area contributed by atoms with E-state index in [0.717, 1.165) is 5.56 Å². The molecule has 0 fully saturated rings. The van der Waals surface area contributed by atoms with Crippen LogP contribution >= 0.6 is 11.6 Å². The summed E-state index contributed by atoms with van der Waals surface area (Å²) < 4.78 is 14.1. The molecule has 6 heteroatoms. The molecule has 0 spiro atoms. The molecule has 4 nitrogen and oxygen atoms in total. The first-order valence-electron chi connectivity index (χ1n) is 9.33. The van der Waals surface area contributed by atoms with E-state index in [0.29, 0.717) is 23.0 Å². The van der Waals surface area contributed by atoms with Gasteiger partial charge in [-0.2, -0.15) is 0 Å². The summed E-state index contributed by atoms with van der Waals surface area (Å²) in [5.74, 6) is -0.616. The Morgan fingerprint density at radius 3 is 2.32 bits per heavy atom. The van der Waals surface area contributed by atoms with Crippen LogP contribution in [0.4, 0.5) is 4.39 Å². The molecule has 1 atom stereocenters. The first kappa shape index (κ1) is 21.9. The molecule has 0 heterocycles. The maximum absolute atomic E-state index is 14.1. The van der Waals surface area contributed by atoms with Gasteiger partial charge in [0.05, 0.1) is 6.42 Å². The van der Waals surface area contributed by atoms with Gasteiger partial charge in [-0.15, -0.1) is 0 Å². The third kappa shape index (κ3) is 6.34. The zero-order valence-electron chi connectivity index (χ0n) is 16.4. The molecule has 0 radical (unpaired) electrons. The van der Waals surface area contributed by atoms with Crippen molar-refractivity contribution >= 4 is 23.4 Å². The number of nitrogens with zero attached hydrogens (tertiary/aromatic N) is 1. The lowest BCUT2D eigenvalue weighted by atomic mass is 10.1. The molecule has 1 N–H and O–H groups in total. The van der Waals surface area contributed by atoms with Crippen molar-refractivity contribution in [1.29, 1.82) is 0 Å². The van der Waals surface area contributed by atoms with Gasteiger partial charge in [-0.25, -0.2) is 4.39 Å².